The van der Waals surface area contributed by atoms with E-state index in [1.54, 1.807) is 41.0 Å². The van der Waals surface area contributed by atoms with Gasteiger partial charge in [0.2, 0.25) is 4.80 Å². The van der Waals surface area contributed by atoms with Crippen molar-refractivity contribution in [3.05, 3.63) is 61.5 Å². The van der Waals surface area contributed by atoms with E-state index >= 15 is 0 Å². The number of thiazole rings is 1. The molecular formula is C17H13BrN4S2. The zero-order chi connectivity index (χ0) is 16.9. The lowest BCUT2D eigenvalue weighted by molar-refractivity contribution is 0.834. The molecule has 0 aliphatic rings. The molecule has 4 nitrogen and oxygen atoms in total. The number of rotatable bonds is 4. The Balaban J connectivity index is 2.01. The largest absolute Gasteiger partial charge is 0.258 e. The van der Waals surface area contributed by atoms with Gasteiger partial charge < -0.3 is 0 Å². The van der Waals surface area contributed by atoms with Gasteiger partial charge in [-0.2, -0.15) is 10.4 Å². The molecule has 0 amide bonds. The van der Waals surface area contributed by atoms with Gasteiger partial charge in [0.05, 0.1) is 32.2 Å². The lowest BCUT2D eigenvalue weighted by Crippen LogP contribution is -2.12. The summed E-state index contributed by atoms with van der Waals surface area (Å²) in [7, 11) is 0. The van der Waals surface area contributed by atoms with Crippen LogP contribution in [0.3, 0.4) is 0 Å². The van der Waals surface area contributed by atoms with E-state index in [0.717, 1.165) is 24.7 Å². The lowest BCUT2D eigenvalue weighted by Gasteiger charge is -2.01. The summed E-state index contributed by atoms with van der Waals surface area (Å²) in [5.74, 6) is 0. The average molecular weight is 417 g/mol. The number of benzene rings is 1. The molecule has 24 heavy (non-hydrogen) atoms. The Labute approximate surface area is 156 Å². The van der Waals surface area contributed by atoms with Crippen LogP contribution in [-0.4, -0.2) is 17.4 Å². The summed E-state index contributed by atoms with van der Waals surface area (Å²) in [6.45, 7) is 2.72. The van der Waals surface area contributed by atoms with Crippen molar-refractivity contribution >= 4 is 44.8 Å². The van der Waals surface area contributed by atoms with Gasteiger partial charge in [-0.05, 0) is 52.7 Å². The van der Waals surface area contributed by atoms with E-state index < -0.39 is 0 Å². The molecule has 0 bridgehead atoms. The van der Waals surface area contributed by atoms with Crippen LogP contribution in [0.5, 0.6) is 0 Å². The first-order valence-electron chi connectivity index (χ1n) is 7.22. The van der Waals surface area contributed by atoms with E-state index in [-0.39, 0.29) is 0 Å². The highest BCUT2D eigenvalue weighted by molar-refractivity contribution is 9.11. The Morgan fingerprint density at radius 3 is 2.67 bits per heavy atom. The van der Waals surface area contributed by atoms with E-state index in [1.165, 1.54) is 0 Å². The molecule has 0 saturated carbocycles. The van der Waals surface area contributed by atoms with Crippen molar-refractivity contribution in [2.45, 2.75) is 6.92 Å². The number of nitrogens with zero attached hydrogens (tertiary/aromatic N) is 4. The van der Waals surface area contributed by atoms with Crippen molar-refractivity contribution in [3.63, 3.8) is 0 Å². The Morgan fingerprint density at radius 1 is 1.25 bits per heavy atom. The number of nitriles is 1. The van der Waals surface area contributed by atoms with Gasteiger partial charge in [-0.15, -0.1) is 22.7 Å². The number of aromatic nitrogens is 1. The van der Waals surface area contributed by atoms with Crippen LogP contribution in [0.25, 0.3) is 10.6 Å². The maximum Gasteiger partial charge on any atom is 0.206 e. The molecule has 0 aliphatic heterocycles. The van der Waals surface area contributed by atoms with Gasteiger partial charge in [-0.1, -0.05) is 12.1 Å². The Morgan fingerprint density at radius 2 is 2.04 bits per heavy atom. The topological polar surface area (TPSA) is 53.4 Å². The molecule has 3 rings (SSSR count). The second-order valence-electron chi connectivity index (χ2n) is 4.77. The molecule has 0 N–H and O–H groups in total. The molecule has 3 aromatic rings. The van der Waals surface area contributed by atoms with Crippen LogP contribution in [0.15, 0.2) is 55.7 Å². The van der Waals surface area contributed by atoms with E-state index in [9.17, 15) is 0 Å². The number of hydrogen-bond acceptors (Lipinski definition) is 5. The SMILES string of the molecule is CCN=c1scc(-c2ccc(Br)s2)n1/N=C\c1ccc(C#N)cc1. The van der Waals surface area contributed by atoms with E-state index in [4.69, 9.17) is 5.26 Å². The van der Waals surface area contributed by atoms with Crippen LogP contribution in [0, 0.1) is 11.3 Å². The Kier molecular flexibility index (Phi) is 5.41. The molecule has 0 radical (unpaired) electrons. The summed E-state index contributed by atoms with van der Waals surface area (Å²) in [6.07, 6.45) is 1.79. The van der Waals surface area contributed by atoms with Crippen molar-refractivity contribution in [2.75, 3.05) is 6.54 Å². The Bertz CT molecular complexity index is 971. The fourth-order valence-corrected chi connectivity index (χ4v) is 4.40. The monoisotopic (exact) mass is 416 g/mol. The van der Waals surface area contributed by atoms with Crippen molar-refractivity contribution < 1.29 is 0 Å². The minimum Gasteiger partial charge on any atom is -0.258 e. The Hall–Kier alpha value is -2.01. The van der Waals surface area contributed by atoms with E-state index in [0.29, 0.717) is 12.1 Å². The normalized spacial score (nSPS) is 12.0. The third-order valence-electron chi connectivity index (χ3n) is 3.17. The highest BCUT2D eigenvalue weighted by Gasteiger charge is 2.09. The van der Waals surface area contributed by atoms with Crippen LogP contribution in [-0.2, 0) is 0 Å². The van der Waals surface area contributed by atoms with Crippen molar-refractivity contribution in [3.8, 4) is 16.6 Å². The summed E-state index contributed by atoms with van der Waals surface area (Å²) in [5.41, 5.74) is 2.60. The molecular weight excluding hydrogens is 404 g/mol. The predicted octanol–water partition coefficient (Wildman–Crippen LogP) is 4.72. The highest BCUT2D eigenvalue weighted by Crippen LogP contribution is 2.31. The molecule has 2 heterocycles. The van der Waals surface area contributed by atoms with Crippen molar-refractivity contribution in [1.29, 1.82) is 5.26 Å². The van der Waals surface area contributed by atoms with Crippen molar-refractivity contribution in [2.24, 2.45) is 10.1 Å². The zero-order valence-corrected chi connectivity index (χ0v) is 16.0. The third-order valence-corrected chi connectivity index (χ3v) is 5.67. The first-order valence-corrected chi connectivity index (χ1v) is 9.71. The minimum atomic E-state index is 0.640. The van der Waals surface area contributed by atoms with Gasteiger partial charge in [0.25, 0.3) is 0 Å². The zero-order valence-electron chi connectivity index (χ0n) is 12.8. The summed E-state index contributed by atoms with van der Waals surface area (Å²) < 4.78 is 2.95. The van der Waals surface area contributed by atoms with Crippen LogP contribution in [0.1, 0.15) is 18.1 Å². The standard InChI is InChI=1S/C17H13BrN4S2/c1-2-20-17-22(14(11-23-17)15-7-8-16(18)24-15)21-10-13-5-3-12(9-19)4-6-13/h3-8,10-11H,2H2,1H3/b20-17?,21-10-. The fourth-order valence-electron chi connectivity index (χ4n) is 2.05. The second kappa shape index (κ2) is 7.71. The van der Waals surface area contributed by atoms with Gasteiger partial charge in [0.1, 0.15) is 0 Å². The molecule has 1 aromatic carbocycles. The summed E-state index contributed by atoms with van der Waals surface area (Å²) in [5, 5.41) is 15.6. The molecule has 0 unspecified atom stereocenters. The maximum absolute atomic E-state index is 8.87. The van der Waals surface area contributed by atoms with Gasteiger partial charge in [0, 0.05) is 11.9 Å². The number of hydrogen-bond donors (Lipinski definition) is 0. The van der Waals surface area contributed by atoms with Crippen molar-refractivity contribution in [1.82, 2.24) is 4.68 Å². The molecule has 120 valence electrons. The van der Waals surface area contributed by atoms with E-state index in [2.05, 4.69) is 43.5 Å². The first-order chi connectivity index (χ1) is 11.7. The second-order valence-corrected chi connectivity index (χ2v) is 8.07. The van der Waals surface area contributed by atoms with Crippen LogP contribution < -0.4 is 4.80 Å². The molecule has 0 spiro atoms. The minimum absolute atomic E-state index is 0.640. The lowest BCUT2D eigenvalue weighted by atomic mass is 10.2. The summed E-state index contributed by atoms with van der Waals surface area (Å²) in [6, 6.07) is 13.6. The molecule has 0 saturated heterocycles. The first kappa shape index (κ1) is 16.8. The molecule has 0 fully saturated rings. The third kappa shape index (κ3) is 3.73. The van der Waals surface area contributed by atoms with Gasteiger partial charge in [-0.3, -0.25) is 4.99 Å². The quantitative estimate of drug-likeness (QED) is 0.567. The molecule has 0 atom stereocenters. The fraction of sp³-hybridized carbons (Fsp3) is 0.118. The average Bonchev–Trinajstić information content (AvgIpc) is 3.20. The van der Waals surface area contributed by atoms with Crippen LogP contribution in [0.4, 0.5) is 0 Å². The predicted molar refractivity (Wildman–Crippen MR) is 104 cm³/mol. The summed E-state index contributed by atoms with van der Waals surface area (Å²) in [4.78, 5) is 6.51. The molecule has 2 aromatic heterocycles. The van der Waals surface area contributed by atoms with Crippen LogP contribution >= 0.6 is 38.6 Å². The number of halogens is 1. The van der Waals surface area contributed by atoms with Gasteiger partial charge >= 0.3 is 0 Å². The smallest absolute Gasteiger partial charge is 0.206 e. The molecule has 7 heteroatoms. The van der Waals surface area contributed by atoms with E-state index in [1.807, 2.05) is 29.8 Å². The maximum atomic E-state index is 8.87. The van der Waals surface area contributed by atoms with Gasteiger partial charge in [-0.25, -0.2) is 4.68 Å². The van der Waals surface area contributed by atoms with Gasteiger partial charge in [0.15, 0.2) is 0 Å². The number of thiophene rings is 1. The summed E-state index contributed by atoms with van der Waals surface area (Å²) >= 11 is 6.75. The van der Waals surface area contributed by atoms with Crippen LogP contribution in [0.2, 0.25) is 0 Å². The highest BCUT2D eigenvalue weighted by atomic mass is 79.9. The molecule has 0 aliphatic carbocycles.